The minimum absolute atomic E-state index is 0.0127. The number of carbonyl (C=O) groups is 5. The first-order valence-electron chi connectivity index (χ1n) is 25.3. The Bertz CT molecular complexity index is 1850. The fourth-order valence-electron chi connectivity index (χ4n) is 9.31. The molecule has 3 rings (SSSR count). The molecule has 2 heterocycles. The normalized spacial score (nSPS) is 17.4. The summed E-state index contributed by atoms with van der Waals surface area (Å²) in [6, 6.07) is 7.45. The molecule has 71 heavy (non-hydrogen) atoms. The molecule has 0 bridgehead atoms. The largest absolute Gasteiger partial charge is 0.379 e. The number of ether oxygens (including phenoxy) is 6. The van der Waals surface area contributed by atoms with Crippen LogP contribution in [0.4, 0.5) is 0 Å². The molecule has 2 aromatic rings. The van der Waals surface area contributed by atoms with Crippen LogP contribution in [0.15, 0.2) is 41.9 Å². The van der Waals surface area contributed by atoms with E-state index in [2.05, 4.69) is 15.6 Å². The number of halogens is 1. The predicted molar refractivity (Wildman–Crippen MR) is 276 cm³/mol. The summed E-state index contributed by atoms with van der Waals surface area (Å²) in [6.07, 6.45) is 3.42. The highest BCUT2D eigenvalue weighted by Gasteiger charge is 2.43. The summed E-state index contributed by atoms with van der Waals surface area (Å²) in [4.78, 5) is 78.0. The molecule has 9 atom stereocenters. The van der Waals surface area contributed by atoms with Crippen molar-refractivity contribution in [2.75, 3.05) is 94.3 Å². The van der Waals surface area contributed by atoms with Gasteiger partial charge in [0.1, 0.15) is 11.0 Å². The van der Waals surface area contributed by atoms with Crippen LogP contribution in [0.3, 0.4) is 0 Å². The Morgan fingerprint density at radius 2 is 1.45 bits per heavy atom. The number of hydrogen-bond acceptors (Lipinski definition) is 14. The van der Waals surface area contributed by atoms with Gasteiger partial charge in [-0.2, -0.15) is 0 Å². The van der Waals surface area contributed by atoms with Gasteiger partial charge in [0.15, 0.2) is 0 Å². The number of likely N-dealkylation sites (N-methyl/N-ethyl adjacent to an activating group) is 2. The quantitative estimate of drug-likeness (QED) is 0.0619. The van der Waals surface area contributed by atoms with Crippen LogP contribution in [0.2, 0.25) is 0 Å². The number of aromatic nitrogens is 1. The summed E-state index contributed by atoms with van der Waals surface area (Å²) in [5.41, 5.74) is 1.08. The van der Waals surface area contributed by atoms with E-state index < -0.39 is 41.5 Å². The Morgan fingerprint density at radius 1 is 0.831 bits per heavy atom. The average Bonchev–Trinajstić information content (AvgIpc) is 4.07. The number of hydrogen-bond donors (Lipinski definition) is 2. The Kier molecular flexibility index (Phi) is 28.9. The number of rotatable bonds is 36. The van der Waals surface area contributed by atoms with Crippen molar-refractivity contribution < 1.29 is 52.4 Å². The second-order valence-corrected chi connectivity index (χ2v) is 20.5. The van der Waals surface area contributed by atoms with Crippen molar-refractivity contribution in [3.8, 4) is 0 Å². The minimum atomic E-state index is -0.839. The van der Waals surface area contributed by atoms with Crippen LogP contribution in [-0.4, -0.2) is 179 Å². The third-order valence-corrected chi connectivity index (χ3v) is 14.4. The molecule has 2 N–H and O–H groups in total. The standard InChI is InChI=1S/C52H85ClN6O11S/c1-12-37(6)47(58(9)52(64)45(35(2)3)56-50(63)46(36(4)5)57(8)23-25-68-27-29-70-31-30-69-28-26-67-24-20-43(53)60)42(65-10)34-44(61)59-22-16-19-41(59)48(66-11)38(7)49(62)55-40(51-54-21-32-71-51)33-39-17-14-13-15-18-39/h13-15,17-18,21,32,35-38,40-42,45-48H,12,16,19-20,22-31,33-34H2,1-11H3,(H,55,62)(H,56,63)/t37-,38+,40-,41-,42+,45-,46-,47-,48+/m0/s1. The van der Waals surface area contributed by atoms with E-state index >= 15 is 0 Å². The van der Waals surface area contributed by atoms with Gasteiger partial charge in [0.2, 0.25) is 28.9 Å². The van der Waals surface area contributed by atoms with Gasteiger partial charge in [-0.1, -0.05) is 85.2 Å². The molecule has 17 nitrogen and oxygen atoms in total. The molecule has 1 fully saturated rings. The average molecular weight is 1040 g/mol. The molecule has 1 saturated heterocycles. The first-order chi connectivity index (χ1) is 34.0. The van der Waals surface area contributed by atoms with Gasteiger partial charge in [-0.3, -0.25) is 28.9 Å². The number of amides is 4. The van der Waals surface area contributed by atoms with Crippen LogP contribution in [0, 0.1) is 23.7 Å². The lowest BCUT2D eigenvalue weighted by molar-refractivity contribution is -0.148. The molecular formula is C52H85ClN6O11S. The first-order valence-corrected chi connectivity index (χ1v) is 26.6. The number of benzene rings is 1. The van der Waals surface area contributed by atoms with Gasteiger partial charge in [-0.25, -0.2) is 4.98 Å². The molecule has 1 aromatic heterocycles. The van der Waals surface area contributed by atoms with Crippen molar-refractivity contribution in [2.24, 2.45) is 23.7 Å². The molecule has 1 aromatic carbocycles. The second-order valence-electron chi connectivity index (χ2n) is 19.2. The van der Waals surface area contributed by atoms with Gasteiger partial charge in [-0.15, -0.1) is 11.3 Å². The van der Waals surface area contributed by atoms with E-state index in [-0.39, 0.29) is 72.9 Å². The zero-order valence-corrected chi connectivity index (χ0v) is 45.8. The minimum Gasteiger partial charge on any atom is -0.379 e. The van der Waals surface area contributed by atoms with Crippen LogP contribution in [0.5, 0.6) is 0 Å². The van der Waals surface area contributed by atoms with Crippen molar-refractivity contribution in [3.05, 3.63) is 52.5 Å². The van der Waals surface area contributed by atoms with E-state index in [1.807, 2.05) is 101 Å². The highest BCUT2D eigenvalue weighted by molar-refractivity contribution is 7.09. The van der Waals surface area contributed by atoms with E-state index in [1.165, 1.54) is 11.3 Å². The lowest BCUT2D eigenvalue weighted by Crippen LogP contribution is -2.60. The zero-order chi connectivity index (χ0) is 52.5. The number of carbonyl (C=O) groups excluding carboxylic acids is 5. The van der Waals surface area contributed by atoms with Crippen LogP contribution in [0.1, 0.15) is 97.2 Å². The fraction of sp³-hybridized carbons (Fsp3) is 0.731. The van der Waals surface area contributed by atoms with Crippen molar-refractivity contribution in [2.45, 2.75) is 129 Å². The molecule has 0 saturated carbocycles. The smallest absolute Gasteiger partial charge is 0.245 e. The molecule has 1 aliphatic rings. The van der Waals surface area contributed by atoms with E-state index in [0.29, 0.717) is 78.6 Å². The van der Waals surface area contributed by atoms with Crippen molar-refractivity contribution in [1.29, 1.82) is 0 Å². The van der Waals surface area contributed by atoms with Crippen molar-refractivity contribution >= 4 is 51.8 Å². The van der Waals surface area contributed by atoms with Crippen molar-refractivity contribution in [1.82, 2.24) is 30.3 Å². The van der Waals surface area contributed by atoms with Crippen molar-refractivity contribution in [3.63, 3.8) is 0 Å². The predicted octanol–water partition coefficient (Wildman–Crippen LogP) is 5.78. The lowest BCUT2D eigenvalue weighted by atomic mass is 9.89. The van der Waals surface area contributed by atoms with Gasteiger partial charge < -0.3 is 48.9 Å². The summed E-state index contributed by atoms with van der Waals surface area (Å²) in [6.45, 7) is 17.7. The van der Waals surface area contributed by atoms with Gasteiger partial charge in [0, 0.05) is 52.4 Å². The number of methoxy groups -OCH3 is 2. The second kappa shape index (κ2) is 33.3. The van der Waals surface area contributed by atoms with E-state index in [1.54, 1.807) is 32.4 Å². The summed E-state index contributed by atoms with van der Waals surface area (Å²) < 4.78 is 34.3. The van der Waals surface area contributed by atoms with Crippen LogP contribution in [-0.2, 0) is 58.8 Å². The molecule has 19 heteroatoms. The molecule has 0 spiro atoms. The highest BCUT2D eigenvalue weighted by atomic mass is 35.5. The molecule has 0 aliphatic carbocycles. The highest BCUT2D eigenvalue weighted by Crippen LogP contribution is 2.31. The molecule has 4 amide bonds. The number of nitrogens with zero attached hydrogens (tertiary/aromatic N) is 4. The fourth-order valence-corrected chi connectivity index (χ4v) is 10.1. The number of likely N-dealkylation sites (tertiary alicyclic amines) is 1. The van der Waals surface area contributed by atoms with Crippen LogP contribution >= 0.6 is 22.9 Å². The molecule has 0 unspecified atom stereocenters. The third-order valence-electron chi connectivity index (χ3n) is 13.4. The van der Waals surface area contributed by atoms with Gasteiger partial charge in [0.05, 0.1) is 102 Å². The number of nitrogens with one attached hydrogen (secondary N) is 2. The van der Waals surface area contributed by atoms with Gasteiger partial charge >= 0.3 is 0 Å². The topological polar surface area (TPSA) is 187 Å². The zero-order valence-electron chi connectivity index (χ0n) is 44.3. The third kappa shape index (κ3) is 20.3. The lowest BCUT2D eigenvalue weighted by Gasteiger charge is -2.41. The Labute approximate surface area is 432 Å². The van der Waals surface area contributed by atoms with E-state index in [9.17, 15) is 24.0 Å². The summed E-state index contributed by atoms with van der Waals surface area (Å²) in [7, 11) is 6.77. The Morgan fingerprint density at radius 3 is 1.99 bits per heavy atom. The van der Waals surface area contributed by atoms with Gasteiger partial charge in [0.25, 0.3) is 0 Å². The van der Waals surface area contributed by atoms with E-state index in [0.717, 1.165) is 17.0 Å². The molecule has 0 radical (unpaired) electrons. The van der Waals surface area contributed by atoms with Crippen LogP contribution in [0.25, 0.3) is 0 Å². The maximum Gasteiger partial charge on any atom is 0.245 e. The molecular weight excluding hydrogens is 952 g/mol. The summed E-state index contributed by atoms with van der Waals surface area (Å²) >= 11 is 6.78. The van der Waals surface area contributed by atoms with Gasteiger partial charge in [-0.05, 0) is 61.2 Å². The molecule has 402 valence electrons. The van der Waals surface area contributed by atoms with Crippen LogP contribution < -0.4 is 10.6 Å². The summed E-state index contributed by atoms with van der Waals surface area (Å²) in [5, 5.41) is 8.63. The molecule has 1 aliphatic heterocycles. The number of thiazole rings is 1. The maximum absolute atomic E-state index is 14.6. The monoisotopic (exact) mass is 1040 g/mol. The SMILES string of the molecule is CC[C@H](C)[C@@H]([C@@H](CC(=O)N1CCC[C@H]1[C@H](OC)[C@@H](C)C(=O)N[C@@H](Cc1ccccc1)c1nccs1)OC)N(C)C(=O)[C@@H](NC(=O)[C@H](C(C)C)N(C)CCOCCOCCOCCOCCC(=O)Cl)C(C)C. The maximum atomic E-state index is 14.6. The van der Waals surface area contributed by atoms with E-state index in [4.69, 9.17) is 40.0 Å². The Hall–Kier alpha value is -3.59. The summed E-state index contributed by atoms with van der Waals surface area (Å²) in [5.74, 6) is -1.79. The Balaban J connectivity index is 1.61. The first kappa shape index (κ1) is 61.7.